The Morgan fingerprint density at radius 1 is 1.36 bits per heavy atom. The SMILES string of the molecule is CN(CCO)CCN1CCC1. The summed E-state index contributed by atoms with van der Waals surface area (Å²) in [6.07, 6.45) is 1.36. The topological polar surface area (TPSA) is 26.7 Å². The van der Waals surface area contributed by atoms with Crippen LogP contribution >= 0.6 is 0 Å². The summed E-state index contributed by atoms with van der Waals surface area (Å²) in [6, 6.07) is 0. The van der Waals surface area contributed by atoms with Crippen LogP contribution in [0, 0.1) is 0 Å². The molecule has 66 valence electrons. The summed E-state index contributed by atoms with van der Waals surface area (Å²) in [4.78, 5) is 4.60. The maximum absolute atomic E-state index is 8.62. The minimum atomic E-state index is 0.274. The second-order valence-corrected chi connectivity index (χ2v) is 3.22. The van der Waals surface area contributed by atoms with Crippen LogP contribution in [0.3, 0.4) is 0 Å². The average molecular weight is 158 g/mol. The third-order valence-corrected chi connectivity index (χ3v) is 2.23. The van der Waals surface area contributed by atoms with Gasteiger partial charge in [0.1, 0.15) is 0 Å². The van der Waals surface area contributed by atoms with E-state index < -0.39 is 0 Å². The predicted octanol–water partition coefficient (Wildman–Crippen LogP) is -0.384. The lowest BCUT2D eigenvalue weighted by Crippen LogP contribution is -2.42. The van der Waals surface area contributed by atoms with Crippen LogP contribution in [0.25, 0.3) is 0 Å². The molecule has 0 aliphatic carbocycles. The van der Waals surface area contributed by atoms with E-state index in [-0.39, 0.29) is 6.61 Å². The van der Waals surface area contributed by atoms with Gasteiger partial charge < -0.3 is 14.9 Å². The van der Waals surface area contributed by atoms with Crippen LogP contribution in [0.4, 0.5) is 0 Å². The molecule has 1 aliphatic heterocycles. The Labute approximate surface area is 68.6 Å². The molecule has 0 aromatic rings. The summed E-state index contributed by atoms with van der Waals surface area (Å²) < 4.78 is 0. The van der Waals surface area contributed by atoms with E-state index in [0.717, 1.165) is 19.6 Å². The normalized spacial score (nSPS) is 18.8. The van der Waals surface area contributed by atoms with Crippen LogP contribution in [0.1, 0.15) is 6.42 Å². The van der Waals surface area contributed by atoms with E-state index in [9.17, 15) is 0 Å². The lowest BCUT2D eigenvalue weighted by Gasteiger charge is -2.32. The van der Waals surface area contributed by atoms with Crippen molar-refractivity contribution in [3.8, 4) is 0 Å². The third kappa shape index (κ3) is 3.18. The van der Waals surface area contributed by atoms with Gasteiger partial charge in [-0.3, -0.25) is 0 Å². The van der Waals surface area contributed by atoms with Crippen molar-refractivity contribution >= 4 is 0 Å². The first-order chi connectivity index (χ1) is 5.33. The van der Waals surface area contributed by atoms with Crippen molar-refractivity contribution in [2.24, 2.45) is 0 Å². The van der Waals surface area contributed by atoms with E-state index in [0.29, 0.717) is 0 Å². The first-order valence-electron chi connectivity index (χ1n) is 4.34. The average Bonchev–Trinajstić information content (AvgIpc) is 1.85. The van der Waals surface area contributed by atoms with Gasteiger partial charge in [0.25, 0.3) is 0 Å². The number of likely N-dealkylation sites (tertiary alicyclic amines) is 1. The van der Waals surface area contributed by atoms with E-state index in [1.54, 1.807) is 0 Å². The molecular weight excluding hydrogens is 140 g/mol. The van der Waals surface area contributed by atoms with E-state index in [4.69, 9.17) is 5.11 Å². The van der Waals surface area contributed by atoms with Crippen molar-refractivity contribution in [3.63, 3.8) is 0 Å². The van der Waals surface area contributed by atoms with Crippen LogP contribution in [0.2, 0.25) is 0 Å². The molecule has 0 radical (unpaired) electrons. The summed E-state index contributed by atoms with van der Waals surface area (Å²) in [5.74, 6) is 0. The van der Waals surface area contributed by atoms with Crippen LogP contribution < -0.4 is 0 Å². The molecule has 1 rings (SSSR count). The molecule has 1 N–H and O–H groups in total. The molecule has 0 atom stereocenters. The minimum absolute atomic E-state index is 0.274. The van der Waals surface area contributed by atoms with E-state index in [1.165, 1.54) is 19.5 Å². The zero-order valence-corrected chi connectivity index (χ0v) is 7.29. The summed E-state index contributed by atoms with van der Waals surface area (Å²) in [7, 11) is 2.05. The molecule has 0 saturated carbocycles. The van der Waals surface area contributed by atoms with Gasteiger partial charge in [0, 0.05) is 19.6 Å². The Balaban J connectivity index is 1.92. The van der Waals surface area contributed by atoms with E-state index in [2.05, 4.69) is 16.8 Å². The fourth-order valence-corrected chi connectivity index (χ4v) is 1.20. The Hall–Kier alpha value is -0.120. The maximum atomic E-state index is 8.62. The first kappa shape index (κ1) is 8.97. The third-order valence-electron chi connectivity index (χ3n) is 2.23. The van der Waals surface area contributed by atoms with Crippen molar-refractivity contribution < 1.29 is 5.11 Å². The summed E-state index contributed by atoms with van der Waals surface area (Å²) in [6.45, 7) is 5.86. The first-order valence-corrected chi connectivity index (χ1v) is 4.34. The predicted molar refractivity (Wildman–Crippen MR) is 45.6 cm³/mol. The van der Waals surface area contributed by atoms with Gasteiger partial charge in [-0.15, -0.1) is 0 Å². The quantitative estimate of drug-likeness (QED) is 0.590. The van der Waals surface area contributed by atoms with Gasteiger partial charge in [0.2, 0.25) is 0 Å². The van der Waals surface area contributed by atoms with Crippen LogP contribution in [-0.2, 0) is 0 Å². The second-order valence-electron chi connectivity index (χ2n) is 3.22. The van der Waals surface area contributed by atoms with Gasteiger partial charge in [-0.25, -0.2) is 0 Å². The van der Waals surface area contributed by atoms with Gasteiger partial charge in [-0.2, -0.15) is 0 Å². The summed E-state index contributed by atoms with van der Waals surface area (Å²) in [5.41, 5.74) is 0. The van der Waals surface area contributed by atoms with Gasteiger partial charge in [-0.05, 0) is 26.6 Å². The number of aliphatic hydroxyl groups is 1. The molecule has 0 amide bonds. The lowest BCUT2D eigenvalue weighted by atomic mass is 10.2. The van der Waals surface area contributed by atoms with Crippen molar-refractivity contribution in [1.82, 2.24) is 9.80 Å². The Kier molecular flexibility index (Phi) is 3.83. The number of aliphatic hydroxyl groups excluding tert-OH is 1. The highest BCUT2D eigenvalue weighted by Gasteiger charge is 2.12. The molecule has 1 aliphatic rings. The Morgan fingerprint density at radius 2 is 2.09 bits per heavy atom. The molecule has 0 aromatic heterocycles. The fourth-order valence-electron chi connectivity index (χ4n) is 1.20. The van der Waals surface area contributed by atoms with E-state index in [1.807, 2.05) is 0 Å². The second kappa shape index (κ2) is 4.70. The molecule has 0 aromatic carbocycles. The number of rotatable bonds is 5. The van der Waals surface area contributed by atoms with E-state index >= 15 is 0 Å². The Bertz CT molecular complexity index is 104. The molecule has 0 spiro atoms. The number of nitrogens with zero attached hydrogens (tertiary/aromatic N) is 2. The van der Waals surface area contributed by atoms with Crippen LogP contribution in [0.15, 0.2) is 0 Å². The molecule has 0 bridgehead atoms. The highest BCUT2D eigenvalue weighted by Crippen LogP contribution is 2.03. The lowest BCUT2D eigenvalue weighted by molar-refractivity contribution is 0.147. The van der Waals surface area contributed by atoms with Crippen molar-refractivity contribution in [2.45, 2.75) is 6.42 Å². The van der Waals surface area contributed by atoms with Gasteiger partial charge in [-0.1, -0.05) is 0 Å². The number of hydrogen-bond acceptors (Lipinski definition) is 3. The monoisotopic (exact) mass is 158 g/mol. The van der Waals surface area contributed by atoms with Crippen molar-refractivity contribution in [3.05, 3.63) is 0 Å². The standard InChI is InChI=1S/C8H18N2O/c1-9(7-8-11)5-6-10-3-2-4-10/h11H,2-8H2,1H3. The van der Waals surface area contributed by atoms with Crippen molar-refractivity contribution in [2.75, 3.05) is 46.4 Å². The van der Waals surface area contributed by atoms with Gasteiger partial charge in [0.05, 0.1) is 6.61 Å². The summed E-state index contributed by atoms with van der Waals surface area (Å²) >= 11 is 0. The van der Waals surface area contributed by atoms with Crippen LogP contribution in [-0.4, -0.2) is 61.3 Å². The van der Waals surface area contributed by atoms with Crippen LogP contribution in [0.5, 0.6) is 0 Å². The summed E-state index contributed by atoms with van der Waals surface area (Å²) in [5, 5.41) is 8.62. The van der Waals surface area contributed by atoms with Crippen molar-refractivity contribution in [1.29, 1.82) is 0 Å². The van der Waals surface area contributed by atoms with Gasteiger partial charge in [0.15, 0.2) is 0 Å². The number of hydrogen-bond donors (Lipinski definition) is 1. The molecule has 11 heavy (non-hydrogen) atoms. The zero-order chi connectivity index (χ0) is 8.10. The number of likely N-dealkylation sites (N-methyl/N-ethyl adjacent to an activating group) is 1. The molecule has 3 heteroatoms. The van der Waals surface area contributed by atoms with Gasteiger partial charge >= 0.3 is 0 Å². The maximum Gasteiger partial charge on any atom is 0.0558 e. The zero-order valence-electron chi connectivity index (χ0n) is 7.29. The molecule has 0 unspecified atom stereocenters. The Morgan fingerprint density at radius 3 is 2.55 bits per heavy atom. The molecule has 3 nitrogen and oxygen atoms in total. The molecular formula is C8H18N2O. The highest BCUT2D eigenvalue weighted by atomic mass is 16.3. The smallest absolute Gasteiger partial charge is 0.0558 e. The highest BCUT2D eigenvalue weighted by molar-refractivity contribution is 4.69. The largest absolute Gasteiger partial charge is 0.395 e. The minimum Gasteiger partial charge on any atom is -0.395 e. The molecule has 1 heterocycles. The fraction of sp³-hybridized carbons (Fsp3) is 1.00. The molecule has 1 fully saturated rings. The molecule has 1 saturated heterocycles.